The van der Waals surface area contributed by atoms with Gasteiger partial charge in [-0.15, -0.1) is 0 Å². The quantitative estimate of drug-likeness (QED) is 0.414. The minimum atomic E-state index is -3.99. The number of carbonyl (C=O) groups excluding carboxylic acids is 1. The normalized spacial score (nSPS) is 14.2. The number of sulfonamides is 1. The molecule has 0 spiro atoms. The van der Waals surface area contributed by atoms with Gasteiger partial charge in [0.25, 0.3) is 0 Å². The number of ether oxygens (including phenoxy) is 1. The number of hydrogen-bond donors (Lipinski definition) is 0. The van der Waals surface area contributed by atoms with E-state index in [9.17, 15) is 13.2 Å². The summed E-state index contributed by atoms with van der Waals surface area (Å²) < 4.78 is 33.7. The molecule has 0 radical (unpaired) electrons. The number of rotatable bonds is 8. The Kier molecular flexibility index (Phi) is 8.41. The summed E-state index contributed by atoms with van der Waals surface area (Å²) in [5.41, 5.74) is 1.59. The number of anilines is 1. The Bertz CT molecular complexity index is 1310. The van der Waals surface area contributed by atoms with Crippen molar-refractivity contribution in [3.8, 4) is 5.75 Å². The van der Waals surface area contributed by atoms with Crippen LogP contribution in [-0.2, 0) is 21.4 Å². The molecule has 0 aliphatic carbocycles. The van der Waals surface area contributed by atoms with Crippen LogP contribution in [0.15, 0.2) is 77.7 Å². The highest BCUT2D eigenvalue weighted by Gasteiger charge is 2.31. The lowest BCUT2D eigenvalue weighted by Gasteiger charge is -2.37. The Morgan fingerprint density at radius 2 is 1.56 bits per heavy atom. The molecular formula is C26H27Cl2N3O4S. The Balaban J connectivity index is 1.51. The van der Waals surface area contributed by atoms with Crippen LogP contribution in [-0.4, -0.2) is 63.4 Å². The van der Waals surface area contributed by atoms with Crippen LogP contribution in [0.1, 0.15) is 5.56 Å². The minimum absolute atomic E-state index is 0.0302. The van der Waals surface area contributed by atoms with Gasteiger partial charge >= 0.3 is 0 Å². The fourth-order valence-corrected chi connectivity index (χ4v) is 5.83. The van der Waals surface area contributed by atoms with E-state index in [1.54, 1.807) is 36.3 Å². The van der Waals surface area contributed by atoms with Crippen molar-refractivity contribution in [2.75, 3.05) is 44.7 Å². The second-order valence-electron chi connectivity index (χ2n) is 8.36. The molecule has 3 aromatic rings. The fourth-order valence-electron chi connectivity index (χ4n) is 4.14. The Morgan fingerprint density at radius 3 is 2.22 bits per heavy atom. The lowest BCUT2D eigenvalue weighted by atomic mass is 10.2. The summed E-state index contributed by atoms with van der Waals surface area (Å²) in [6.07, 6.45) is 0. The maximum absolute atomic E-state index is 13.5. The van der Waals surface area contributed by atoms with Crippen molar-refractivity contribution >= 4 is 44.8 Å². The monoisotopic (exact) mass is 547 g/mol. The Hall–Kier alpha value is -2.78. The molecule has 0 unspecified atom stereocenters. The van der Waals surface area contributed by atoms with Crippen LogP contribution < -0.4 is 9.64 Å². The number of amides is 1. The average molecular weight is 548 g/mol. The number of methoxy groups -OCH3 is 1. The molecule has 1 amide bonds. The van der Waals surface area contributed by atoms with E-state index in [4.69, 9.17) is 27.9 Å². The molecule has 190 valence electrons. The van der Waals surface area contributed by atoms with Crippen LogP contribution in [0.4, 0.5) is 5.69 Å². The van der Waals surface area contributed by atoms with Crippen LogP contribution in [0, 0.1) is 0 Å². The molecule has 0 atom stereocenters. The zero-order valence-corrected chi connectivity index (χ0v) is 22.1. The smallest absolute Gasteiger partial charge is 0.243 e. The molecular weight excluding hydrogens is 521 g/mol. The van der Waals surface area contributed by atoms with Gasteiger partial charge in [-0.2, -0.15) is 4.31 Å². The van der Waals surface area contributed by atoms with Gasteiger partial charge in [-0.1, -0.05) is 53.5 Å². The Morgan fingerprint density at radius 1 is 0.917 bits per heavy atom. The molecule has 7 nitrogen and oxygen atoms in total. The molecule has 3 aromatic carbocycles. The summed E-state index contributed by atoms with van der Waals surface area (Å²) in [5.74, 6) is 0.511. The van der Waals surface area contributed by atoms with Crippen molar-refractivity contribution in [3.05, 3.63) is 88.4 Å². The van der Waals surface area contributed by atoms with Gasteiger partial charge in [-0.05, 0) is 48.0 Å². The van der Waals surface area contributed by atoms with E-state index in [2.05, 4.69) is 4.90 Å². The predicted molar refractivity (Wildman–Crippen MR) is 142 cm³/mol. The van der Waals surface area contributed by atoms with Gasteiger partial charge in [-0.25, -0.2) is 8.42 Å². The number of nitrogens with zero attached hydrogens (tertiary/aromatic N) is 3. The first kappa shape index (κ1) is 26.3. The average Bonchev–Trinajstić information content (AvgIpc) is 2.89. The molecule has 36 heavy (non-hydrogen) atoms. The first-order chi connectivity index (χ1) is 17.3. The van der Waals surface area contributed by atoms with Crippen molar-refractivity contribution in [1.82, 2.24) is 9.21 Å². The second kappa shape index (κ2) is 11.5. The molecule has 1 heterocycles. The zero-order chi connectivity index (χ0) is 25.7. The van der Waals surface area contributed by atoms with Crippen molar-refractivity contribution in [2.45, 2.75) is 11.4 Å². The van der Waals surface area contributed by atoms with Crippen molar-refractivity contribution in [3.63, 3.8) is 0 Å². The molecule has 0 bridgehead atoms. The lowest BCUT2D eigenvalue weighted by Crippen LogP contribution is -2.51. The van der Waals surface area contributed by atoms with Crippen LogP contribution >= 0.6 is 23.2 Å². The van der Waals surface area contributed by atoms with Crippen LogP contribution in [0.2, 0.25) is 10.0 Å². The third-order valence-electron chi connectivity index (χ3n) is 6.13. The first-order valence-electron chi connectivity index (χ1n) is 11.4. The zero-order valence-electron chi connectivity index (χ0n) is 19.8. The molecule has 0 N–H and O–H groups in total. The molecule has 1 saturated heterocycles. The summed E-state index contributed by atoms with van der Waals surface area (Å²) in [7, 11) is -2.36. The van der Waals surface area contributed by atoms with Gasteiger partial charge < -0.3 is 14.5 Å². The van der Waals surface area contributed by atoms with E-state index in [1.165, 1.54) is 28.6 Å². The van der Waals surface area contributed by atoms with Crippen LogP contribution in [0.25, 0.3) is 0 Å². The molecule has 4 rings (SSSR count). The van der Waals surface area contributed by atoms with E-state index in [0.29, 0.717) is 41.8 Å². The summed E-state index contributed by atoms with van der Waals surface area (Å²) in [6.45, 7) is 1.83. The number of hydrogen-bond acceptors (Lipinski definition) is 5. The summed E-state index contributed by atoms with van der Waals surface area (Å²) >= 11 is 12.3. The van der Waals surface area contributed by atoms with E-state index in [-0.39, 0.29) is 23.9 Å². The highest BCUT2D eigenvalue weighted by Crippen LogP contribution is 2.29. The summed E-state index contributed by atoms with van der Waals surface area (Å²) in [5, 5.41) is 0.863. The van der Waals surface area contributed by atoms with E-state index >= 15 is 0 Å². The van der Waals surface area contributed by atoms with Crippen molar-refractivity contribution < 1.29 is 17.9 Å². The van der Waals surface area contributed by atoms with Gasteiger partial charge in [0.2, 0.25) is 15.9 Å². The molecule has 1 fully saturated rings. The molecule has 10 heteroatoms. The highest BCUT2D eigenvalue weighted by atomic mass is 35.5. The first-order valence-corrected chi connectivity index (χ1v) is 13.6. The standard InChI is InChI=1S/C26H27Cl2N3O4S/c1-35-25-9-5-4-8-24(25)29-14-16-30(17-15-29)26(32)19-31(18-20-6-2-3-7-23(20)28)36(33,34)22-12-10-21(27)11-13-22/h2-13H,14-19H2,1H3. The molecule has 1 aliphatic heterocycles. The van der Waals surface area contributed by atoms with Gasteiger partial charge in [0.1, 0.15) is 5.75 Å². The SMILES string of the molecule is COc1ccccc1N1CCN(C(=O)CN(Cc2ccccc2Cl)S(=O)(=O)c2ccc(Cl)cc2)CC1. The number of carbonyl (C=O) groups is 1. The number of halogens is 2. The van der Waals surface area contributed by atoms with Gasteiger partial charge in [0, 0.05) is 42.8 Å². The van der Waals surface area contributed by atoms with Crippen molar-refractivity contribution in [2.24, 2.45) is 0 Å². The minimum Gasteiger partial charge on any atom is -0.495 e. The largest absolute Gasteiger partial charge is 0.495 e. The lowest BCUT2D eigenvalue weighted by molar-refractivity contribution is -0.131. The third-order valence-corrected chi connectivity index (χ3v) is 8.55. The maximum Gasteiger partial charge on any atom is 0.243 e. The van der Waals surface area contributed by atoms with Crippen molar-refractivity contribution in [1.29, 1.82) is 0 Å². The van der Waals surface area contributed by atoms with E-state index < -0.39 is 10.0 Å². The fraction of sp³-hybridized carbons (Fsp3) is 0.269. The topological polar surface area (TPSA) is 70.2 Å². The number of piperazine rings is 1. The second-order valence-corrected chi connectivity index (χ2v) is 11.1. The maximum atomic E-state index is 13.5. The molecule has 0 aromatic heterocycles. The van der Waals surface area contributed by atoms with Crippen LogP contribution in [0.3, 0.4) is 0 Å². The number of para-hydroxylation sites is 2. The molecule has 0 saturated carbocycles. The Labute approximate surface area is 221 Å². The van der Waals surface area contributed by atoms with Crippen LogP contribution in [0.5, 0.6) is 5.75 Å². The van der Waals surface area contributed by atoms with E-state index in [0.717, 1.165) is 11.4 Å². The highest BCUT2D eigenvalue weighted by molar-refractivity contribution is 7.89. The summed E-state index contributed by atoms with van der Waals surface area (Å²) in [6, 6.07) is 20.7. The van der Waals surface area contributed by atoms with Gasteiger partial charge in [0.05, 0.1) is 24.2 Å². The van der Waals surface area contributed by atoms with E-state index in [1.807, 2.05) is 24.3 Å². The van der Waals surface area contributed by atoms with Gasteiger partial charge in [-0.3, -0.25) is 4.79 Å². The summed E-state index contributed by atoms with van der Waals surface area (Å²) in [4.78, 5) is 17.2. The molecule has 1 aliphatic rings. The third kappa shape index (κ3) is 5.95. The number of benzene rings is 3. The predicted octanol–water partition coefficient (Wildman–Crippen LogP) is 4.54. The van der Waals surface area contributed by atoms with Gasteiger partial charge in [0.15, 0.2) is 0 Å².